The van der Waals surface area contributed by atoms with Crippen molar-refractivity contribution in [2.75, 3.05) is 20.3 Å². The summed E-state index contributed by atoms with van der Waals surface area (Å²) >= 11 is 0. The number of aromatic nitrogens is 1. The van der Waals surface area contributed by atoms with Crippen LogP contribution in [0.4, 0.5) is 0 Å². The van der Waals surface area contributed by atoms with Crippen molar-refractivity contribution in [3.8, 4) is 23.0 Å². The van der Waals surface area contributed by atoms with Gasteiger partial charge in [0, 0.05) is 32.6 Å². The third-order valence-electron chi connectivity index (χ3n) is 11.1. The molecule has 1 aliphatic heterocycles. The fourth-order valence-corrected chi connectivity index (χ4v) is 7.88. The van der Waals surface area contributed by atoms with Gasteiger partial charge in [0.1, 0.15) is 41.6 Å². The largest absolute Gasteiger partial charge is 0.507 e. The average molecular weight is 794 g/mol. The molecule has 2 amide bonds. The number of ether oxygens (including phenoxy) is 2. The second kappa shape index (κ2) is 14.3. The number of pyridine rings is 1. The van der Waals surface area contributed by atoms with Gasteiger partial charge in [-0.2, -0.15) is 0 Å². The summed E-state index contributed by atoms with van der Waals surface area (Å²) in [6.07, 6.45) is 0.463. The third-order valence-corrected chi connectivity index (χ3v) is 11.1. The van der Waals surface area contributed by atoms with Crippen molar-refractivity contribution in [3.63, 3.8) is 0 Å². The zero-order valence-electron chi connectivity index (χ0n) is 32.3. The van der Waals surface area contributed by atoms with E-state index in [-0.39, 0.29) is 46.7 Å². The molecule has 58 heavy (non-hydrogen) atoms. The van der Waals surface area contributed by atoms with E-state index in [4.69, 9.17) is 9.47 Å². The first-order valence-corrected chi connectivity index (χ1v) is 18.6. The molecule has 0 saturated carbocycles. The Hall–Kier alpha value is -6.84. The van der Waals surface area contributed by atoms with Gasteiger partial charge in [-0.15, -0.1) is 0 Å². The van der Waals surface area contributed by atoms with E-state index in [1.54, 1.807) is 6.92 Å². The number of rotatable bonds is 8. The molecule has 16 heteroatoms. The number of hydrogen-bond acceptors (Lipinski definition) is 13. The summed E-state index contributed by atoms with van der Waals surface area (Å²) < 4.78 is 12.0. The minimum atomic E-state index is -1.17. The van der Waals surface area contributed by atoms with E-state index in [0.717, 1.165) is 21.6 Å². The Bertz CT molecular complexity index is 3090. The van der Waals surface area contributed by atoms with Crippen molar-refractivity contribution in [1.82, 2.24) is 14.8 Å². The first-order chi connectivity index (χ1) is 27.4. The highest BCUT2D eigenvalue weighted by Crippen LogP contribution is 2.46. The Kier molecular flexibility index (Phi) is 9.69. The number of nitrogens with zero attached hydrogens (tertiary/aromatic N) is 2. The van der Waals surface area contributed by atoms with Crippen LogP contribution in [0, 0.1) is 5.92 Å². The number of hydrogen-bond donors (Lipinski definition) is 4. The molecule has 1 aliphatic rings. The van der Waals surface area contributed by atoms with E-state index >= 15 is 0 Å². The molecular formula is C42H39N3O13. The van der Waals surface area contributed by atoms with Gasteiger partial charge in [-0.05, 0) is 55.5 Å². The van der Waals surface area contributed by atoms with Crippen LogP contribution in [0.2, 0.25) is 0 Å². The normalized spacial score (nSPS) is 16.5. The van der Waals surface area contributed by atoms with Crippen LogP contribution in [-0.2, 0) is 25.7 Å². The monoisotopic (exact) mass is 793 g/mol. The van der Waals surface area contributed by atoms with E-state index in [2.05, 4.69) is 5.32 Å². The topological polar surface area (TPSA) is 236 Å². The van der Waals surface area contributed by atoms with Crippen molar-refractivity contribution in [3.05, 3.63) is 87.3 Å². The van der Waals surface area contributed by atoms with Crippen molar-refractivity contribution < 1.29 is 39.2 Å². The summed E-state index contributed by atoms with van der Waals surface area (Å²) in [5, 5.41) is 33.0. The minimum Gasteiger partial charge on any atom is -0.507 e. The standard InChI is InChI=1S/C42H39N3O13/c1-7-17(4)23-12-21-29(41(55)45(23)14-26(48)44-13-22(43-40(54)18(44)5)42(56)58-15-16(2)3)35(50)27-19(34(21)49)8-9-20-28(27)36(51)32-33(39(20)57-6)38(53)31-25(47)11-10-24(46)30(31)37(32)52/h8-12,16-18,22,49,52-53H,7,13-15H2,1-6H3,(H,43,54). The van der Waals surface area contributed by atoms with Crippen LogP contribution < -0.4 is 37.3 Å². The van der Waals surface area contributed by atoms with Crippen LogP contribution in [0.1, 0.15) is 52.7 Å². The number of aromatic hydroxyl groups is 3. The highest BCUT2D eigenvalue weighted by atomic mass is 16.5. The molecule has 300 valence electrons. The zero-order chi connectivity index (χ0) is 42.2. The predicted octanol–water partition coefficient (Wildman–Crippen LogP) is 2.48. The van der Waals surface area contributed by atoms with Gasteiger partial charge in [0.25, 0.3) is 5.56 Å². The molecule has 3 unspecified atom stereocenters. The van der Waals surface area contributed by atoms with Crippen LogP contribution in [-0.4, -0.2) is 74.9 Å². The molecule has 1 fully saturated rings. The first-order valence-electron chi connectivity index (χ1n) is 18.6. The zero-order valence-corrected chi connectivity index (χ0v) is 32.3. The summed E-state index contributed by atoms with van der Waals surface area (Å²) in [6, 6.07) is 3.64. The predicted molar refractivity (Wildman–Crippen MR) is 215 cm³/mol. The van der Waals surface area contributed by atoms with Crippen molar-refractivity contribution in [2.24, 2.45) is 5.92 Å². The summed E-state index contributed by atoms with van der Waals surface area (Å²) in [4.78, 5) is 111. The summed E-state index contributed by atoms with van der Waals surface area (Å²) in [6.45, 7) is 7.92. The van der Waals surface area contributed by atoms with Crippen LogP contribution >= 0.6 is 0 Å². The van der Waals surface area contributed by atoms with Gasteiger partial charge in [0.2, 0.25) is 17.2 Å². The molecule has 0 spiro atoms. The van der Waals surface area contributed by atoms with Gasteiger partial charge >= 0.3 is 5.97 Å². The van der Waals surface area contributed by atoms with E-state index in [9.17, 15) is 53.7 Å². The summed E-state index contributed by atoms with van der Waals surface area (Å²) in [5.41, 5.74) is -4.51. The SMILES string of the molecule is CCC(C)c1cc2c(O)c3ccc4c(OC)c5c(O)c6c(=O)ccc(=O)c6c(O)c5c(=O)c4c3c(=O)c2c(=O)n1CC(=O)N1CC(C(=O)OCC(C)C)NC(=O)C1C. The number of methoxy groups -OCH3 is 1. The number of carbonyl (C=O) groups excluding carboxylic acids is 3. The molecule has 2 heterocycles. The first kappa shape index (κ1) is 39.4. The number of benzene rings is 5. The number of phenols is 3. The summed E-state index contributed by atoms with van der Waals surface area (Å²) in [7, 11) is 1.18. The molecule has 0 radical (unpaired) electrons. The van der Waals surface area contributed by atoms with Crippen LogP contribution in [0.25, 0.3) is 53.9 Å². The van der Waals surface area contributed by atoms with Gasteiger partial charge < -0.3 is 39.6 Å². The molecule has 5 aromatic carbocycles. The fraction of sp³-hybridized carbons (Fsp3) is 0.333. The number of phenolic OH excluding ortho intramolecular Hbond substituents is 3. The second-order valence-corrected chi connectivity index (χ2v) is 15.1. The molecule has 4 N–H and O–H groups in total. The molecule has 7 rings (SSSR count). The lowest BCUT2D eigenvalue weighted by Gasteiger charge is -2.37. The van der Waals surface area contributed by atoms with Gasteiger partial charge in [-0.25, -0.2) is 4.79 Å². The molecule has 1 saturated heterocycles. The van der Waals surface area contributed by atoms with E-state index in [0.29, 0.717) is 6.42 Å². The summed E-state index contributed by atoms with van der Waals surface area (Å²) in [5.74, 6) is -5.01. The Morgan fingerprint density at radius 3 is 1.98 bits per heavy atom. The lowest BCUT2D eigenvalue weighted by atomic mass is 9.91. The number of fused-ring (bicyclic) bond motifs is 6. The number of amides is 2. The molecule has 1 aromatic heterocycles. The average Bonchev–Trinajstić information content (AvgIpc) is 3.19. The van der Waals surface area contributed by atoms with E-state index < -0.39 is 125 Å². The van der Waals surface area contributed by atoms with Gasteiger partial charge in [-0.3, -0.25) is 33.6 Å². The van der Waals surface area contributed by atoms with Gasteiger partial charge in [0.15, 0.2) is 16.3 Å². The van der Waals surface area contributed by atoms with Crippen LogP contribution in [0.15, 0.2) is 54.3 Å². The second-order valence-electron chi connectivity index (χ2n) is 15.1. The van der Waals surface area contributed by atoms with Crippen LogP contribution in [0.5, 0.6) is 23.0 Å². The third kappa shape index (κ3) is 5.80. The quantitative estimate of drug-likeness (QED) is 0.0751. The maximum Gasteiger partial charge on any atom is 0.330 e. The Balaban J connectivity index is 1.50. The van der Waals surface area contributed by atoms with E-state index in [1.807, 2.05) is 20.8 Å². The fourth-order valence-electron chi connectivity index (χ4n) is 7.88. The Labute approximate surface area is 327 Å². The van der Waals surface area contributed by atoms with Gasteiger partial charge in [-0.1, -0.05) is 27.7 Å². The number of carbonyl (C=O) groups is 3. The Morgan fingerprint density at radius 1 is 0.793 bits per heavy atom. The van der Waals surface area contributed by atoms with E-state index in [1.165, 1.54) is 32.2 Å². The number of nitrogens with one attached hydrogen (secondary N) is 1. The molecule has 6 aromatic rings. The molecule has 16 nitrogen and oxygen atoms in total. The minimum absolute atomic E-state index is 0.0156. The van der Waals surface area contributed by atoms with Crippen molar-refractivity contribution in [2.45, 2.75) is 65.6 Å². The van der Waals surface area contributed by atoms with Crippen LogP contribution in [0.3, 0.4) is 0 Å². The van der Waals surface area contributed by atoms with Crippen molar-refractivity contribution in [1.29, 1.82) is 0 Å². The maximum atomic E-state index is 14.7. The Morgan fingerprint density at radius 2 is 1.38 bits per heavy atom. The maximum absolute atomic E-state index is 14.7. The molecule has 3 atom stereocenters. The molecular weight excluding hydrogens is 754 g/mol. The smallest absolute Gasteiger partial charge is 0.330 e. The lowest BCUT2D eigenvalue weighted by molar-refractivity contribution is -0.155. The van der Waals surface area contributed by atoms with Gasteiger partial charge in [0.05, 0.1) is 47.2 Å². The molecule has 0 bridgehead atoms. The highest BCUT2D eigenvalue weighted by Gasteiger charge is 2.39. The number of esters is 1. The lowest BCUT2D eigenvalue weighted by Crippen LogP contribution is -2.63. The van der Waals surface area contributed by atoms with Crippen molar-refractivity contribution >= 4 is 71.6 Å². The number of piperazine rings is 1. The molecule has 0 aliphatic carbocycles. The highest BCUT2D eigenvalue weighted by molar-refractivity contribution is 6.24.